The fraction of sp³-hybridized carbons (Fsp3) is 0.625. The van der Waals surface area contributed by atoms with E-state index in [2.05, 4.69) is 20.9 Å². The molecule has 1 aliphatic carbocycles. The number of carbonyl (C=O) groups is 4. The first kappa shape index (κ1) is 25.5. The number of hydrogen-bond acceptors (Lipinski definition) is 7. The average Bonchev–Trinajstić information content (AvgIpc) is 3.42. The molecule has 3 N–H and O–H groups in total. The van der Waals surface area contributed by atoms with Gasteiger partial charge in [-0.3, -0.25) is 14.6 Å². The molecule has 1 aromatic heterocycles. The predicted octanol–water partition coefficient (Wildman–Crippen LogP) is 1.48. The highest BCUT2D eigenvalue weighted by Crippen LogP contribution is 2.42. The van der Waals surface area contributed by atoms with Crippen LogP contribution >= 0.6 is 0 Å². The zero-order chi connectivity index (χ0) is 24.7. The smallest absolute Gasteiger partial charge is 0.408 e. The van der Waals surface area contributed by atoms with Crippen LogP contribution in [0, 0.1) is 11.8 Å². The van der Waals surface area contributed by atoms with Crippen molar-refractivity contribution in [2.24, 2.45) is 11.8 Å². The lowest BCUT2D eigenvalue weighted by Crippen LogP contribution is -2.53. The maximum atomic E-state index is 13.1. The molecule has 186 valence electrons. The Morgan fingerprint density at radius 1 is 1.24 bits per heavy atom. The second kappa shape index (κ2) is 11.3. The molecule has 3 amide bonds. The zero-order valence-electron chi connectivity index (χ0n) is 20.0. The van der Waals surface area contributed by atoms with Crippen molar-refractivity contribution in [3.8, 4) is 0 Å². The number of alkyl carbamates (subject to hydrolysis) is 1. The molecule has 1 aromatic rings. The third-order valence-corrected chi connectivity index (χ3v) is 6.17. The Labute approximate surface area is 199 Å². The van der Waals surface area contributed by atoms with Crippen molar-refractivity contribution >= 4 is 23.9 Å². The Hall–Kier alpha value is -3.17. The minimum atomic E-state index is -0.987. The van der Waals surface area contributed by atoms with E-state index in [9.17, 15) is 19.2 Å². The summed E-state index contributed by atoms with van der Waals surface area (Å²) in [5, 5.41) is 8.07. The molecule has 10 heteroatoms. The van der Waals surface area contributed by atoms with Crippen LogP contribution in [-0.2, 0) is 30.3 Å². The maximum absolute atomic E-state index is 13.1. The van der Waals surface area contributed by atoms with Crippen molar-refractivity contribution in [3.63, 3.8) is 0 Å². The standard InChI is InChI=1S/C24H34N4O6/c1-15(2)11-18(21(30)27-19(22(31)33-3)12-17-6-10-26-20(17)29)28-23(32)34-24(7-8-24)13-16-5-4-9-25-14-16/h4-5,9,14-15,17-19H,6-8,10-13H2,1-3H3,(H,26,29)(H,27,30)(H,28,32)/t17-,18?,19?/m0/s1. The average molecular weight is 475 g/mol. The molecule has 2 aliphatic rings. The van der Waals surface area contributed by atoms with Gasteiger partial charge in [0.15, 0.2) is 0 Å². The third-order valence-electron chi connectivity index (χ3n) is 6.17. The van der Waals surface area contributed by atoms with Crippen molar-refractivity contribution in [1.29, 1.82) is 0 Å². The Morgan fingerprint density at radius 2 is 2.00 bits per heavy atom. The molecular formula is C24H34N4O6. The summed E-state index contributed by atoms with van der Waals surface area (Å²) in [6.45, 7) is 4.40. The van der Waals surface area contributed by atoms with Crippen molar-refractivity contribution < 1.29 is 28.7 Å². The number of esters is 1. The molecule has 34 heavy (non-hydrogen) atoms. The molecule has 2 fully saturated rings. The Balaban J connectivity index is 1.61. The second-order valence-corrected chi connectivity index (χ2v) is 9.53. The van der Waals surface area contributed by atoms with Gasteiger partial charge in [0, 0.05) is 31.3 Å². The number of nitrogens with zero attached hydrogens (tertiary/aromatic N) is 1. The van der Waals surface area contributed by atoms with Crippen molar-refractivity contribution in [2.75, 3.05) is 13.7 Å². The molecule has 0 aromatic carbocycles. The number of nitrogens with one attached hydrogen (secondary N) is 3. The van der Waals surface area contributed by atoms with Gasteiger partial charge in [-0.15, -0.1) is 0 Å². The van der Waals surface area contributed by atoms with Crippen LogP contribution in [0.2, 0.25) is 0 Å². The van der Waals surface area contributed by atoms with E-state index in [-0.39, 0.29) is 24.2 Å². The highest BCUT2D eigenvalue weighted by atomic mass is 16.6. The number of ether oxygens (including phenoxy) is 2. The van der Waals surface area contributed by atoms with Gasteiger partial charge in [0.1, 0.15) is 17.7 Å². The molecule has 0 spiro atoms. The van der Waals surface area contributed by atoms with Gasteiger partial charge >= 0.3 is 12.1 Å². The number of carbonyl (C=O) groups excluding carboxylic acids is 4. The number of pyridine rings is 1. The lowest BCUT2D eigenvalue weighted by atomic mass is 9.97. The van der Waals surface area contributed by atoms with E-state index < -0.39 is 35.7 Å². The highest BCUT2D eigenvalue weighted by molar-refractivity contribution is 5.90. The van der Waals surface area contributed by atoms with Crippen LogP contribution in [0.5, 0.6) is 0 Å². The lowest BCUT2D eigenvalue weighted by molar-refractivity contribution is -0.146. The minimum absolute atomic E-state index is 0.0958. The van der Waals surface area contributed by atoms with Crippen molar-refractivity contribution in [2.45, 2.75) is 70.1 Å². The molecule has 3 rings (SSSR count). The van der Waals surface area contributed by atoms with Crippen LogP contribution < -0.4 is 16.0 Å². The fourth-order valence-electron chi connectivity index (χ4n) is 4.18. The molecule has 2 heterocycles. The first-order chi connectivity index (χ1) is 16.2. The van der Waals surface area contributed by atoms with E-state index >= 15 is 0 Å². The Kier molecular flexibility index (Phi) is 8.46. The highest BCUT2D eigenvalue weighted by Gasteiger charge is 2.47. The summed E-state index contributed by atoms with van der Waals surface area (Å²) >= 11 is 0. The number of rotatable bonds is 11. The number of methoxy groups -OCH3 is 1. The molecule has 0 radical (unpaired) electrons. The van der Waals surface area contributed by atoms with Gasteiger partial charge < -0.3 is 25.4 Å². The van der Waals surface area contributed by atoms with Crippen LogP contribution in [0.3, 0.4) is 0 Å². The molecule has 1 aliphatic heterocycles. The summed E-state index contributed by atoms with van der Waals surface area (Å²) in [6.07, 6.45) is 5.87. The van der Waals surface area contributed by atoms with E-state index in [0.29, 0.717) is 25.8 Å². The molecule has 3 atom stereocenters. The normalized spacial score (nSPS) is 20.1. The van der Waals surface area contributed by atoms with Crippen LogP contribution in [0.25, 0.3) is 0 Å². The quantitative estimate of drug-likeness (QED) is 0.413. The summed E-state index contributed by atoms with van der Waals surface area (Å²) in [6, 6.07) is 1.88. The second-order valence-electron chi connectivity index (χ2n) is 9.53. The van der Waals surface area contributed by atoms with Crippen LogP contribution in [-0.4, -0.2) is 60.2 Å². The first-order valence-corrected chi connectivity index (χ1v) is 11.8. The SMILES string of the molecule is COC(=O)C(C[C@@H]1CCNC1=O)NC(=O)C(CC(C)C)NC(=O)OC1(Cc2cccnc2)CC1. The summed E-state index contributed by atoms with van der Waals surface area (Å²) in [4.78, 5) is 54.1. The third kappa shape index (κ3) is 7.16. The largest absolute Gasteiger partial charge is 0.467 e. The molecule has 0 bridgehead atoms. The molecule has 2 unspecified atom stereocenters. The Bertz CT molecular complexity index is 887. The van der Waals surface area contributed by atoms with E-state index in [1.54, 1.807) is 12.4 Å². The minimum Gasteiger partial charge on any atom is -0.467 e. The summed E-state index contributed by atoms with van der Waals surface area (Å²) < 4.78 is 10.5. The van der Waals surface area contributed by atoms with E-state index in [1.807, 2.05) is 26.0 Å². The van der Waals surface area contributed by atoms with Gasteiger partial charge in [-0.05, 0) is 49.7 Å². The molecular weight excluding hydrogens is 440 g/mol. The predicted molar refractivity (Wildman–Crippen MR) is 122 cm³/mol. The summed E-state index contributed by atoms with van der Waals surface area (Å²) in [5.41, 5.74) is 0.386. The van der Waals surface area contributed by atoms with Crippen molar-refractivity contribution in [1.82, 2.24) is 20.9 Å². The zero-order valence-corrected chi connectivity index (χ0v) is 20.0. The summed E-state index contributed by atoms with van der Waals surface area (Å²) in [5.74, 6) is -1.58. The van der Waals surface area contributed by atoms with Crippen LogP contribution in [0.15, 0.2) is 24.5 Å². The van der Waals surface area contributed by atoms with Gasteiger partial charge in [-0.2, -0.15) is 0 Å². The topological polar surface area (TPSA) is 136 Å². The number of amides is 3. The van der Waals surface area contributed by atoms with E-state index in [0.717, 1.165) is 18.4 Å². The molecule has 1 saturated heterocycles. The van der Waals surface area contributed by atoms with E-state index in [1.165, 1.54) is 7.11 Å². The van der Waals surface area contributed by atoms with E-state index in [4.69, 9.17) is 9.47 Å². The number of hydrogen-bond donors (Lipinski definition) is 3. The number of aromatic nitrogens is 1. The monoisotopic (exact) mass is 474 g/mol. The lowest BCUT2D eigenvalue weighted by Gasteiger charge is -2.25. The van der Waals surface area contributed by atoms with Gasteiger partial charge in [-0.25, -0.2) is 9.59 Å². The van der Waals surface area contributed by atoms with Gasteiger partial charge in [0.05, 0.1) is 7.11 Å². The fourth-order valence-corrected chi connectivity index (χ4v) is 4.18. The molecule has 1 saturated carbocycles. The van der Waals surface area contributed by atoms with Gasteiger partial charge in [0.25, 0.3) is 0 Å². The maximum Gasteiger partial charge on any atom is 0.408 e. The van der Waals surface area contributed by atoms with Gasteiger partial charge in [-0.1, -0.05) is 19.9 Å². The Morgan fingerprint density at radius 3 is 2.56 bits per heavy atom. The summed E-state index contributed by atoms with van der Waals surface area (Å²) in [7, 11) is 1.23. The van der Waals surface area contributed by atoms with Crippen LogP contribution in [0.4, 0.5) is 4.79 Å². The van der Waals surface area contributed by atoms with Crippen LogP contribution in [0.1, 0.15) is 51.5 Å². The molecule has 10 nitrogen and oxygen atoms in total. The van der Waals surface area contributed by atoms with Crippen molar-refractivity contribution in [3.05, 3.63) is 30.1 Å². The van der Waals surface area contributed by atoms with Gasteiger partial charge in [0.2, 0.25) is 11.8 Å². The first-order valence-electron chi connectivity index (χ1n) is 11.8.